The second-order valence-electron chi connectivity index (χ2n) is 10.4. The van der Waals surface area contributed by atoms with E-state index in [9.17, 15) is 14.9 Å². The van der Waals surface area contributed by atoms with Crippen molar-refractivity contribution in [1.82, 2.24) is 14.7 Å². The number of carbonyl (C=O) groups is 1. The minimum atomic E-state index is -0.446. The Hall–Kier alpha value is -3.23. The smallest absolute Gasteiger partial charge is 0.410 e. The van der Waals surface area contributed by atoms with Gasteiger partial charge in [0.25, 0.3) is 5.69 Å². The number of rotatable bonds is 12. The number of nitro benzene ring substituents is 1. The van der Waals surface area contributed by atoms with Crippen LogP contribution in [0.4, 0.5) is 10.5 Å². The Kier molecular flexibility index (Phi) is 10.2. The number of nitro groups is 1. The fourth-order valence-electron chi connectivity index (χ4n) is 5.17. The normalized spacial score (nSPS) is 16.2. The highest BCUT2D eigenvalue weighted by Crippen LogP contribution is 2.29. The average Bonchev–Trinajstić information content (AvgIpc) is 2.90. The quantitative estimate of drug-likeness (QED) is 0.226. The van der Waals surface area contributed by atoms with Crippen molar-refractivity contribution < 1.29 is 14.5 Å². The monoisotopic (exact) mass is 508 g/mol. The van der Waals surface area contributed by atoms with E-state index in [1.54, 1.807) is 23.1 Å². The molecule has 3 rings (SSSR count). The Morgan fingerprint density at radius 3 is 2.38 bits per heavy atom. The summed E-state index contributed by atoms with van der Waals surface area (Å²) in [4.78, 5) is 29.8. The molecular formula is C29H40N4O4. The van der Waals surface area contributed by atoms with Crippen molar-refractivity contribution in [2.45, 2.75) is 44.2 Å². The largest absolute Gasteiger partial charge is 0.445 e. The molecule has 2 aromatic carbocycles. The number of amides is 1. The summed E-state index contributed by atoms with van der Waals surface area (Å²) in [5, 5.41) is 10.8. The number of nitrogens with zero attached hydrogens (tertiary/aromatic N) is 4. The number of benzene rings is 2. The van der Waals surface area contributed by atoms with Crippen LogP contribution in [0.1, 0.15) is 37.3 Å². The van der Waals surface area contributed by atoms with Crippen molar-refractivity contribution in [2.24, 2.45) is 0 Å². The zero-order chi connectivity index (χ0) is 26.8. The fourth-order valence-corrected chi connectivity index (χ4v) is 5.17. The van der Waals surface area contributed by atoms with Crippen LogP contribution < -0.4 is 0 Å². The molecule has 1 aliphatic heterocycles. The average molecular weight is 509 g/mol. The highest BCUT2D eigenvalue weighted by molar-refractivity contribution is 5.68. The van der Waals surface area contributed by atoms with E-state index in [-0.39, 0.29) is 29.8 Å². The molecule has 8 heteroatoms. The molecule has 0 saturated carbocycles. The van der Waals surface area contributed by atoms with Gasteiger partial charge in [-0.15, -0.1) is 6.58 Å². The van der Waals surface area contributed by atoms with Gasteiger partial charge in [-0.25, -0.2) is 4.79 Å². The maximum Gasteiger partial charge on any atom is 0.410 e. The van der Waals surface area contributed by atoms with Crippen LogP contribution in [0, 0.1) is 10.1 Å². The van der Waals surface area contributed by atoms with Crippen molar-refractivity contribution in [2.75, 3.05) is 46.8 Å². The lowest BCUT2D eigenvalue weighted by Crippen LogP contribution is -2.48. The van der Waals surface area contributed by atoms with Gasteiger partial charge in [0.2, 0.25) is 0 Å². The van der Waals surface area contributed by atoms with Crippen molar-refractivity contribution in [3.63, 3.8) is 0 Å². The predicted molar refractivity (Wildman–Crippen MR) is 147 cm³/mol. The summed E-state index contributed by atoms with van der Waals surface area (Å²) in [6.07, 6.45) is 4.19. The molecule has 0 radical (unpaired) electrons. The first-order valence-electron chi connectivity index (χ1n) is 12.9. The van der Waals surface area contributed by atoms with E-state index in [1.165, 1.54) is 17.7 Å². The molecule has 1 amide bonds. The molecule has 1 saturated heterocycles. The van der Waals surface area contributed by atoms with Crippen LogP contribution in [0.5, 0.6) is 0 Å². The topological polar surface area (TPSA) is 79.2 Å². The molecule has 1 unspecified atom stereocenters. The Morgan fingerprint density at radius 2 is 1.81 bits per heavy atom. The van der Waals surface area contributed by atoms with Crippen LogP contribution >= 0.6 is 0 Å². The molecule has 2 aromatic rings. The van der Waals surface area contributed by atoms with Gasteiger partial charge in [0.05, 0.1) is 4.92 Å². The zero-order valence-corrected chi connectivity index (χ0v) is 22.3. The summed E-state index contributed by atoms with van der Waals surface area (Å²) in [7, 11) is 4.25. The van der Waals surface area contributed by atoms with Crippen molar-refractivity contribution in [1.29, 1.82) is 0 Å². The maximum absolute atomic E-state index is 12.9. The van der Waals surface area contributed by atoms with Gasteiger partial charge in [-0.2, -0.15) is 0 Å². The number of non-ortho nitro benzene ring substituents is 1. The Labute approximate surface area is 220 Å². The molecular weight excluding hydrogens is 468 g/mol. The predicted octanol–water partition coefficient (Wildman–Crippen LogP) is 5.09. The lowest BCUT2D eigenvalue weighted by Gasteiger charge is -2.40. The molecule has 8 nitrogen and oxygen atoms in total. The van der Waals surface area contributed by atoms with Gasteiger partial charge in [-0.05, 0) is 63.2 Å². The van der Waals surface area contributed by atoms with Crippen LogP contribution in [0.2, 0.25) is 0 Å². The number of likely N-dealkylation sites (tertiary alicyclic amines) is 1. The van der Waals surface area contributed by atoms with Gasteiger partial charge in [0.15, 0.2) is 0 Å². The molecule has 1 heterocycles. The van der Waals surface area contributed by atoms with E-state index in [2.05, 4.69) is 67.7 Å². The standard InChI is InChI=1S/C29H40N4O4/c1-5-18-32(28(34)37-22-24-11-13-27(14-12-24)33(35)36)26-15-19-31(20-16-26)21-17-29(2,23-30(3)4)25-9-7-6-8-10-25/h5-14,26H,1,15-23H2,2-4H3. The number of ether oxygens (including phenoxy) is 1. The van der Waals surface area contributed by atoms with Crippen LogP contribution in [-0.4, -0.2) is 78.6 Å². The summed E-state index contributed by atoms with van der Waals surface area (Å²) in [5.41, 5.74) is 2.16. The summed E-state index contributed by atoms with van der Waals surface area (Å²) in [6.45, 7) is 10.5. The van der Waals surface area contributed by atoms with Gasteiger partial charge in [0.1, 0.15) is 6.61 Å². The van der Waals surface area contributed by atoms with Crippen LogP contribution in [0.15, 0.2) is 67.3 Å². The minimum absolute atomic E-state index is 0.0147. The molecule has 1 aliphatic rings. The highest BCUT2D eigenvalue weighted by Gasteiger charge is 2.31. The Balaban J connectivity index is 1.52. The lowest BCUT2D eigenvalue weighted by molar-refractivity contribution is -0.384. The van der Waals surface area contributed by atoms with Crippen molar-refractivity contribution in [3.05, 3.63) is 88.5 Å². The number of hydrogen-bond acceptors (Lipinski definition) is 6. The molecule has 0 spiro atoms. The number of likely N-dealkylation sites (N-methyl/N-ethyl adjacent to an activating group) is 1. The first kappa shape index (κ1) is 28.3. The van der Waals surface area contributed by atoms with Gasteiger partial charge in [0, 0.05) is 49.8 Å². The number of piperidine rings is 1. The molecule has 1 fully saturated rings. The summed E-state index contributed by atoms with van der Waals surface area (Å²) in [6, 6.07) is 16.9. The highest BCUT2D eigenvalue weighted by atomic mass is 16.6. The summed E-state index contributed by atoms with van der Waals surface area (Å²) < 4.78 is 5.55. The van der Waals surface area contributed by atoms with Gasteiger partial charge in [-0.3, -0.25) is 10.1 Å². The van der Waals surface area contributed by atoms with E-state index in [4.69, 9.17) is 4.74 Å². The SMILES string of the molecule is C=CCN(C(=O)OCc1ccc([N+](=O)[O-])cc1)C1CCN(CCC(C)(CN(C)C)c2ccccc2)CC1. The zero-order valence-electron chi connectivity index (χ0n) is 22.3. The van der Waals surface area contributed by atoms with E-state index in [0.717, 1.165) is 45.4 Å². The first-order chi connectivity index (χ1) is 17.7. The Bertz CT molecular complexity index is 1020. The van der Waals surface area contributed by atoms with Gasteiger partial charge in [-0.1, -0.05) is 43.3 Å². The summed E-state index contributed by atoms with van der Waals surface area (Å²) >= 11 is 0. The molecule has 200 valence electrons. The van der Waals surface area contributed by atoms with Crippen molar-refractivity contribution >= 4 is 11.8 Å². The molecule has 0 aliphatic carbocycles. The van der Waals surface area contributed by atoms with E-state index < -0.39 is 4.92 Å². The summed E-state index contributed by atoms with van der Waals surface area (Å²) in [5.74, 6) is 0. The third kappa shape index (κ3) is 8.13. The lowest BCUT2D eigenvalue weighted by atomic mass is 9.78. The van der Waals surface area contributed by atoms with Crippen LogP contribution in [0.3, 0.4) is 0 Å². The molecule has 0 aromatic heterocycles. The maximum atomic E-state index is 12.9. The Morgan fingerprint density at radius 1 is 1.16 bits per heavy atom. The molecule has 1 atom stereocenters. The second kappa shape index (κ2) is 13.4. The van der Waals surface area contributed by atoms with E-state index in [0.29, 0.717) is 12.1 Å². The molecule has 37 heavy (non-hydrogen) atoms. The number of hydrogen-bond donors (Lipinski definition) is 0. The van der Waals surface area contributed by atoms with E-state index in [1.807, 2.05) is 0 Å². The third-order valence-corrected chi connectivity index (χ3v) is 7.18. The number of carbonyl (C=O) groups excluding carboxylic acids is 1. The molecule has 0 bridgehead atoms. The van der Waals surface area contributed by atoms with E-state index >= 15 is 0 Å². The van der Waals surface area contributed by atoms with Crippen LogP contribution in [0.25, 0.3) is 0 Å². The van der Waals surface area contributed by atoms with Crippen LogP contribution in [-0.2, 0) is 16.8 Å². The fraction of sp³-hybridized carbons (Fsp3) is 0.483. The minimum Gasteiger partial charge on any atom is -0.445 e. The van der Waals surface area contributed by atoms with Crippen molar-refractivity contribution in [3.8, 4) is 0 Å². The van der Waals surface area contributed by atoms with Gasteiger partial charge >= 0.3 is 6.09 Å². The van der Waals surface area contributed by atoms with Gasteiger partial charge < -0.3 is 19.4 Å². The second-order valence-corrected chi connectivity index (χ2v) is 10.4. The third-order valence-electron chi connectivity index (χ3n) is 7.18. The first-order valence-corrected chi connectivity index (χ1v) is 12.9. The molecule has 0 N–H and O–H groups in total.